The van der Waals surface area contributed by atoms with Gasteiger partial charge in [-0.05, 0) is 19.4 Å². The Hall–Kier alpha value is -0.740. The fourth-order valence-corrected chi connectivity index (χ4v) is 1.25. The third kappa shape index (κ3) is 6.74. The number of hydrogen-bond acceptors (Lipinski definition) is 4. The average molecular weight is 196 g/mol. The average Bonchev–Trinajstić information content (AvgIpc) is 2.22. The molecule has 0 spiro atoms. The second kappa shape index (κ2) is 8.84. The largest absolute Gasteiger partial charge is 0.315 e. The van der Waals surface area contributed by atoms with Crippen LogP contribution in [0.1, 0.15) is 12.8 Å². The first-order valence-electron chi connectivity index (χ1n) is 5.38. The van der Waals surface area contributed by atoms with Crippen molar-refractivity contribution in [3.8, 4) is 0 Å². The Morgan fingerprint density at radius 1 is 0.857 bits per heavy atom. The molecule has 1 aliphatic heterocycles. The monoisotopic (exact) mass is 196 g/mol. The summed E-state index contributed by atoms with van der Waals surface area (Å²) in [6.45, 7) is 5.80. The fraction of sp³-hybridized carbons (Fsp3) is 0.800. The van der Waals surface area contributed by atoms with E-state index in [1.807, 2.05) is 12.4 Å². The Morgan fingerprint density at radius 2 is 1.71 bits per heavy atom. The van der Waals surface area contributed by atoms with Crippen LogP contribution in [0.3, 0.4) is 0 Å². The molecule has 0 unspecified atom stereocenters. The molecule has 4 nitrogen and oxygen atoms in total. The molecule has 80 valence electrons. The van der Waals surface area contributed by atoms with Crippen LogP contribution >= 0.6 is 0 Å². The number of hydrogen-bond donors (Lipinski definition) is 2. The normalized spacial score (nSPS) is 21.7. The van der Waals surface area contributed by atoms with Crippen molar-refractivity contribution < 1.29 is 0 Å². The molecule has 0 aromatic rings. The summed E-state index contributed by atoms with van der Waals surface area (Å²) < 4.78 is 0. The van der Waals surface area contributed by atoms with Crippen molar-refractivity contribution in [2.45, 2.75) is 12.8 Å². The molecule has 0 atom stereocenters. The maximum absolute atomic E-state index is 4.26. The molecule has 1 aliphatic rings. The topological polar surface area (TPSA) is 48.8 Å². The van der Waals surface area contributed by atoms with Gasteiger partial charge in [0.15, 0.2) is 0 Å². The second-order valence-corrected chi connectivity index (χ2v) is 3.28. The van der Waals surface area contributed by atoms with Gasteiger partial charge in [0.05, 0.1) is 6.54 Å². The van der Waals surface area contributed by atoms with Gasteiger partial charge in [-0.15, -0.1) is 0 Å². The predicted molar refractivity (Wildman–Crippen MR) is 61.7 cm³/mol. The van der Waals surface area contributed by atoms with Crippen molar-refractivity contribution >= 4 is 12.4 Å². The zero-order valence-electron chi connectivity index (χ0n) is 8.71. The van der Waals surface area contributed by atoms with Crippen LogP contribution in [0.2, 0.25) is 0 Å². The first-order valence-corrected chi connectivity index (χ1v) is 5.38. The van der Waals surface area contributed by atoms with E-state index in [-0.39, 0.29) is 0 Å². The summed E-state index contributed by atoms with van der Waals surface area (Å²) in [6, 6.07) is 0. The smallest absolute Gasteiger partial charge is 0.0733 e. The second-order valence-electron chi connectivity index (χ2n) is 3.28. The number of nitrogens with zero attached hydrogens (tertiary/aromatic N) is 2. The van der Waals surface area contributed by atoms with E-state index >= 15 is 0 Å². The van der Waals surface area contributed by atoms with Gasteiger partial charge in [0.1, 0.15) is 0 Å². The summed E-state index contributed by atoms with van der Waals surface area (Å²) in [5, 5.41) is 6.72. The van der Waals surface area contributed by atoms with Gasteiger partial charge in [-0.25, -0.2) is 0 Å². The molecule has 0 aliphatic carbocycles. The van der Waals surface area contributed by atoms with Crippen LogP contribution in [0.25, 0.3) is 0 Å². The fourth-order valence-electron chi connectivity index (χ4n) is 1.25. The van der Waals surface area contributed by atoms with Crippen molar-refractivity contribution in [1.29, 1.82) is 0 Å². The summed E-state index contributed by atoms with van der Waals surface area (Å²) in [5.41, 5.74) is 0. The lowest BCUT2D eigenvalue weighted by atomic mass is 10.4. The van der Waals surface area contributed by atoms with Crippen molar-refractivity contribution in [3.63, 3.8) is 0 Å². The first kappa shape index (κ1) is 11.3. The Labute approximate surface area is 85.9 Å². The zero-order valence-corrected chi connectivity index (χ0v) is 8.71. The third-order valence-corrected chi connectivity index (χ3v) is 2.01. The van der Waals surface area contributed by atoms with Crippen LogP contribution in [-0.4, -0.2) is 51.7 Å². The van der Waals surface area contributed by atoms with E-state index < -0.39 is 0 Å². The van der Waals surface area contributed by atoms with E-state index in [9.17, 15) is 0 Å². The summed E-state index contributed by atoms with van der Waals surface area (Å²) in [5.74, 6) is 0. The van der Waals surface area contributed by atoms with Crippen molar-refractivity contribution in [1.82, 2.24) is 10.6 Å². The van der Waals surface area contributed by atoms with Gasteiger partial charge in [-0.3, -0.25) is 9.98 Å². The van der Waals surface area contributed by atoms with Gasteiger partial charge < -0.3 is 10.6 Å². The van der Waals surface area contributed by atoms with Crippen LogP contribution in [0, 0.1) is 0 Å². The molecule has 0 bridgehead atoms. The predicted octanol–water partition coefficient (Wildman–Crippen LogP) is 0.101. The molecule has 0 aromatic heterocycles. The van der Waals surface area contributed by atoms with Crippen LogP contribution in [-0.2, 0) is 0 Å². The lowest BCUT2D eigenvalue weighted by molar-refractivity contribution is 0.605. The van der Waals surface area contributed by atoms with E-state index in [4.69, 9.17) is 0 Å². The van der Waals surface area contributed by atoms with E-state index in [2.05, 4.69) is 20.6 Å². The van der Waals surface area contributed by atoms with Crippen LogP contribution < -0.4 is 10.6 Å². The summed E-state index contributed by atoms with van der Waals surface area (Å²) in [7, 11) is 0. The van der Waals surface area contributed by atoms with E-state index in [1.165, 1.54) is 0 Å². The highest BCUT2D eigenvalue weighted by atomic mass is 14.9. The SMILES string of the molecule is C1=NCC=NCCCNCCNCC1. The number of rotatable bonds is 0. The Kier molecular flexibility index (Phi) is 7.16. The Balaban J connectivity index is 2.17. The molecule has 1 heterocycles. The maximum atomic E-state index is 4.26. The van der Waals surface area contributed by atoms with Crippen molar-refractivity contribution in [2.75, 3.05) is 39.3 Å². The van der Waals surface area contributed by atoms with Gasteiger partial charge in [0.25, 0.3) is 0 Å². The molecule has 0 saturated heterocycles. The van der Waals surface area contributed by atoms with Gasteiger partial charge >= 0.3 is 0 Å². The summed E-state index contributed by atoms with van der Waals surface area (Å²) in [6.07, 6.45) is 5.99. The van der Waals surface area contributed by atoms with Gasteiger partial charge in [-0.1, -0.05) is 0 Å². The molecule has 0 aromatic carbocycles. The lowest BCUT2D eigenvalue weighted by Crippen LogP contribution is -2.29. The highest BCUT2D eigenvalue weighted by molar-refractivity contribution is 5.65. The van der Waals surface area contributed by atoms with Crippen molar-refractivity contribution in [2.24, 2.45) is 9.98 Å². The van der Waals surface area contributed by atoms with Gasteiger partial charge in [0.2, 0.25) is 0 Å². The van der Waals surface area contributed by atoms with E-state index in [1.54, 1.807) is 0 Å². The quantitative estimate of drug-likeness (QED) is 0.577. The van der Waals surface area contributed by atoms with Gasteiger partial charge in [0, 0.05) is 38.6 Å². The number of nitrogens with one attached hydrogen (secondary N) is 2. The first-order chi connectivity index (χ1) is 7.00. The molecule has 4 heteroatoms. The molecule has 1 rings (SSSR count). The Bertz CT molecular complexity index is 159. The standard InChI is InChI=1S/C10H20N4/c1-3-11-7-9-13-5-2-6-14-10-8-12-4-1/h3,9,12,14H,1-2,4-8,10H2. The molecule has 2 N–H and O–H groups in total. The molecule has 14 heavy (non-hydrogen) atoms. The van der Waals surface area contributed by atoms with Crippen LogP contribution in [0.15, 0.2) is 9.98 Å². The minimum atomic E-state index is 0.730. The van der Waals surface area contributed by atoms with Crippen LogP contribution in [0.4, 0.5) is 0 Å². The minimum Gasteiger partial charge on any atom is -0.315 e. The molecule has 0 saturated carbocycles. The van der Waals surface area contributed by atoms with Crippen LogP contribution in [0.5, 0.6) is 0 Å². The summed E-state index contributed by atoms with van der Waals surface area (Å²) >= 11 is 0. The highest BCUT2D eigenvalue weighted by Crippen LogP contribution is 1.79. The third-order valence-electron chi connectivity index (χ3n) is 2.01. The van der Waals surface area contributed by atoms with E-state index in [0.717, 1.165) is 52.1 Å². The minimum absolute atomic E-state index is 0.730. The van der Waals surface area contributed by atoms with E-state index in [0.29, 0.717) is 0 Å². The maximum Gasteiger partial charge on any atom is 0.0733 e. The highest BCUT2D eigenvalue weighted by Gasteiger charge is 1.88. The van der Waals surface area contributed by atoms with Crippen molar-refractivity contribution in [3.05, 3.63) is 0 Å². The molecule has 0 fully saturated rings. The molecule has 0 amide bonds. The molecule has 0 radical (unpaired) electrons. The van der Waals surface area contributed by atoms with Gasteiger partial charge in [-0.2, -0.15) is 0 Å². The number of aliphatic imine (C=N–C) groups is 2. The molecular formula is C10H20N4. The zero-order chi connectivity index (χ0) is 9.90. The molecular weight excluding hydrogens is 176 g/mol. The summed E-state index contributed by atoms with van der Waals surface area (Å²) in [4.78, 5) is 8.49. The lowest BCUT2D eigenvalue weighted by Gasteiger charge is -2.05. The Morgan fingerprint density at radius 3 is 2.64 bits per heavy atom.